The molecule has 0 bridgehead atoms. The van der Waals surface area contributed by atoms with E-state index in [1.807, 2.05) is 0 Å². The molecule has 2 heterocycles. The lowest BCUT2D eigenvalue weighted by Crippen LogP contribution is -2.06. The fraction of sp³-hybridized carbons (Fsp3) is 0. The summed E-state index contributed by atoms with van der Waals surface area (Å²) in [7, 11) is 0. The van der Waals surface area contributed by atoms with Crippen LogP contribution in [0.15, 0.2) is 42.6 Å². The molecule has 7 nitrogen and oxygen atoms in total. The van der Waals surface area contributed by atoms with Gasteiger partial charge in [-0.1, -0.05) is 6.07 Å². The van der Waals surface area contributed by atoms with Gasteiger partial charge < -0.3 is 11.5 Å². The number of aromatic nitrogens is 5. The Kier molecular flexibility index (Phi) is 4.34. The van der Waals surface area contributed by atoms with Crippen molar-refractivity contribution in [2.24, 2.45) is 0 Å². The maximum atomic E-state index is 14.2. The average Bonchev–Trinajstić information content (AvgIpc) is 3.16. The second kappa shape index (κ2) is 6.86. The van der Waals surface area contributed by atoms with Crippen molar-refractivity contribution in [2.75, 3.05) is 11.5 Å². The van der Waals surface area contributed by atoms with Crippen LogP contribution in [0.5, 0.6) is 0 Å². The third kappa shape index (κ3) is 3.12. The predicted octanol–water partition coefficient (Wildman–Crippen LogP) is 3.11. The Morgan fingerprint density at radius 3 is 2.48 bits per heavy atom. The number of benzene rings is 2. The molecular weight excluding hydrogens is 390 g/mol. The van der Waals surface area contributed by atoms with Crippen LogP contribution >= 0.6 is 0 Å². The SMILES string of the molecule is Nc1ncc(-c2cc(F)cc(F)c2N)cc1-c1nnnn1-c1cccc(F)c1F. The quantitative estimate of drug-likeness (QED) is 0.403. The summed E-state index contributed by atoms with van der Waals surface area (Å²) in [6, 6.07) is 6.58. The molecule has 11 heteroatoms. The number of tetrazole rings is 1. The van der Waals surface area contributed by atoms with E-state index in [1.165, 1.54) is 24.4 Å². The number of rotatable bonds is 3. The second-order valence-corrected chi connectivity index (χ2v) is 5.99. The Bertz CT molecular complexity index is 1240. The van der Waals surface area contributed by atoms with Crippen LogP contribution in [-0.4, -0.2) is 25.2 Å². The summed E-state index contributed by atoms with van der Waals surface area (Å²) < 4.78 is 56.2. The number of pyridine rings is 1. The molecule has 0 atom stereocenters. The first-order chi connectivity index (χ1) is 13.9. The van der Waals surface area contributed by atoms with Gasteiger partial charge >= 0.3 is 0 Å². The van der Waals surface area contributed by atoms with Crippen molar-refractivity contribution in [1.82, 2.24) is 25.2 Å². The van der Waals surface area contributed by atoms with Crippen LogP contribution in [0.3, 0.4) is 0 Å². The zero-order valence-electron chi connectivity index (χ0n) is 14.4. The molecule has 0 aliphatic rings. The van der Waals surface area contributed by atoms with E-state index in [1.54, 1.807) is 0 Å². The van der Waals surface area contributed by atoms with E-state index in [4.69, 9.17) is 11.5 Å². The van der Waals surface area contributed by atoms with E-state index < -0.39 is 23.3 Å². The lowest BCUT2D eigenvalue weighted by atomic mass is 10.0. The minimum absolute atomic E-state index is 0.0345. The van der Waals surface area contributed by atoms with Crippen LogP contribution in [0, 0.1) is 23.3 Å². The Morgan fingerprint density at radius 1 is 0.897 bits per heavy atom. The number of nitrogen functional groups attached to an aromatic ring is 2. The van der Waals surface area contributed by atoms with Crippen LogP contribution < -0.4 is 11.5 Å². The summed E-state index contributed by atoms with van der Waals surface area (Å²) in [5, 5.41) is 11.0. The smallest absolute Gasteiger partial charge is 0.190 e. The molecule has 0 saturated carbocycles. The number of anilines is 2. The number of nitrogens with zero attached hydrogens (tertiary/aromatic N) is 5. The molecule has 2 aromatic heterocycles. The lowest BCUT2D eigenvalue weighted by Gasteiger charge is -2.11. The molecule has 4 aromatic rings. The van der Waals surface area contributed by atoms with E-state index >= 15 is 0 Å². The van der Waals surface area contributed by atoms with Crippen molar-refractivity contribution < 1.29 is 17.6 Å². The molecule has 0 fully saturated rings. The average molecular weight is 401 g/mol. The van der Waals surface area contributed by atoms with Crippen molar-refractivity contribution >= 4 is 11.5 Å². The normalized spacial score (nSPS) is 11.0. The van der Waals surface area contributed by atoms with Gasteiger partial charge in [-0.05, 0) is 34.7 Å². The first-order valence-corrected chi connectivity index (χ1v) is 8.10. The summed E-state index contributed by atoms with van der Waals surface area (Å²) in [5.41, 5.74) is 11.4. The maximum absolute atomic E-state index is 14.2. The Morgan fingerprint density at radius 2 is 1.69 bits per heavy atom. The highest BCUT2D eigenvalue weighted by Crippen LogP contribution is 2.33. The molecule has 0 saturated heterocycles. The van der Waals surface area contributed by atoms with Gasteiger partial charge in [0.1, 0.15) is 23.1 Å². The minimum Gasteiger partial charge on any atom is -0.396 e. The first kappa shape index (κ1) is 18.3. The van der Waals surface area contributed by atoms with E-state index in [-0.39, 0.29) is 39.7 Å². The van der Waals surface area contributed by atoms with Crippen molar-refractivity contribution in [3.05, 3.63) is 65.9 Å². The largest absolute Gasteiger partial charge is 0.396 e. The Labute approximate surface area is 160 Å². The van der Waals surface area contributed by atoms with Gasteiger partial charge in [-0.25, -0.2) is 22.5 Å². The highest BCUT2D eigenvalue weighted by molar-refractivity contribution is 5.81. The molecule has 0 spiro atoms. The Hall–Kier alpha value is -4.02. The molecule has 29 heavy (non-hydrogen) atoms. The van der Waals surface area contributed by atoms with Gasteiger partial charge in [-0.3, -0.25) is 0 Å². The minimum atomic E-state index is -1.17. The van der Waals surface area contributed by atoms with Crippen LogP contribution in [-0.2, 0) is 0 Å². The van der Waals surface area contributed by atoms with Crippen molar-refractivity contribution in [3.63, 3.8) is 0 Å². The summed E-state index contributed by atoms with van der Waals surface area (Å²) in [5.74, 6) is -4.14. The molecular formula is C18H11F4N7. The zero-order chi connectivity index (χ0) is 20.7. The number of hydrogen-bond acceptors (Lipinski definition) is 6. The highest BCUT2D eigenvalue weighted by Gasteiger charge is 2.20. The molecule has 4 N–H and O–H groups in total. The lowest BCUT2D eigenvalue weighted by molar-refractivity contribution is 0.501. The molecule has 0 aliphatic carbocycles. The van der Waals surface area contributed by atoms with Crippen molar-refractivity contribution in [1.29, 1.82) is 0 Å². The van der Waals surface area contributed by atoms with E-state index in [2.05, 4.69) is 20.5 Å². The van der Waals surface area contributed by atoms with Gasteiger partial charge in [0.05, 0.1) is 11.3 Å². The summed E-state index contributed by atoms with van der Waals surface area (Å²) in [4.78, 5) is 3.99. The third-order valence-corrected chi connectivity index (χ3v) is 4.19. The van der Waals surface area contributed by atoms with Gasteiger partial charge in [0.15, 0.2) is 17.5 Å². The van der Waals surface area contributed by atoms with Crippen molar-refractivity contribution in [3.8, 4) is 28.2 Å². The third-order valence-electron chi connectivity index (χ3n) is 4.19. The van der Waals surface area contributed by atoms with E-state index in [0.29, 0.717) is 6.07 Å². The second-order valence-electron chi connectivity index (χ2n) is 5.99. The van der Waals surface area contributed by atoms with Crippen LogP contribution in [0.4, 0.5) is 29.1 Å². The molecule has 146 valence electrons. The van der Waals surface area contributed by atoms with E-state index in [0.717, 1.165) is 16.8 Å². The van der Waals surface area contributed by atoms with Crippen LogP contribution in [0.25, 0.3) is 28.2 Å². The maximum Gasteiger partial charge on any atom is 0.190 e. The number of hydrogen-bond donors (Lipinski definition) is 2. The molecule has 4 rings (SSSR count). The Balaban J connectivity index is 1.90. The molecule has 0 amide bonds. The molecule has 0 unspecified atom stereocenters. The molecule has 0 radical (unpaired) electrons. The summed E-state index contributed by atoms with van der Waals surface area (Å²) in [6.07, 6.45) is 1.26. The van der Waals surface area contributed by atoms with Gasteiger partial charge in [0.25, 0.3) is 0 Å². The van der Waals surface area contributed by atoms with Gasteiger partial charge in [0, 0.05) is 23.4 Å². The number of halogens is 4. The summed E-state index contributed by atoms with van der Waals surface area (Å²) in [6.45, 7) is 0. The van der Waals surface area contributed by atoms with Crippen LogP contribution in [0.2, 0.25) is 0 Å². The van der Waals surface area contributed by atoms with Crippen molar-refractivity contribution in [2.45, 2.75) is 0 Å². The fourth-order valence-corrected chi connectivity index (χ4v) is 2.80. The van der Waals surface area contributed by atoms with Gasteiger partial charge in [-0.15, -0.1) is 5.10 Å². The summed E-state index contributed by atoms with van der Waals surface area (Å²) >= 11 is 0. The first-order valence-electron chi connectivity index (χ1n) is 8.10. The monoisotopic (exact) mass is 401 g/mol. The highest BCUT2D eigenvalue weighted by atomic mass is 19.2. The van der Waals surface area contributed by atoms with Crippen LogP contribution in [0.1, 0.15) is 0 Å². The zero-order valence-corrected chi connectivity index (χ0v) is 14.4. The fourth-order valence-electron chi connectivity index (χ4n) is 2.80. The molecule has 2 aromatic carbocycles. The van der Waals surface area contributed by atoms with Gasteiger partial charge in [-0.2, -0.15) is 4.68 Å². The standard InChI is InChI=1S/C18H11F4N7/c19-9-5-10(16(23)13(21)6-9)8-4-11(17(24)25-7-8)18-26-27-28-29(18)14-3-1-2-12(20)15(14)22/h1-7H,23H2,(H2,24,25). The predicted molar refractivity (Wildman–Crippen MR) is 96.5 cm³/mol. The molecule has 0 aliphatic heterocycles. The topological polar surface area (TPSA) is 109 Å². The van der Waals surface area contributed by atoms with Gasteiger partial charge in [0.2, 0.25) is 0 Å². The van der Waals surface area contributed by atoms with E-state index in [9.17, 15) is 17.6 Å². The number of nitrogens with two attached hydrogens (primary N) is 2.